The molecule has 1 aromatic carbocycles. The zero-order valence-electron chi connectivity index (χ0n) is 12.4. The number of para-hydroxylation sites is 1. The zero-order valence-corrected chi connectivity index (χ0v) is 13.2. The van der Waals surface area contributed by atoms with E-state index in [1.807, 2.05) is 31.2 Å². The Morgan fingerprint density at radius 1 is 1.29 bits per heavy atom. The highest BCUT2D eigenvalue weighted by molar-refractivity contribution is 7.91. The maximum Gasteiger partial charge on any atom is 0.152 e. The van der Waals surface area contributed by atoms with Crippen molar-refractivity contribution in [3.05, 3.63) is 35.6 Å². The van der Waals surface area contributed by atoms with E-state index in [4.69, 9.17) is 4.42 Å². The number of hydrogen-bond acceptors (Lipinski definition) is 4. The van der Waals surface area contributed by atoms with Crippen LogP contribution in [-0.2, 0) is 16.3 Å². The van der Waals surface area contributed by atoms with Crippen LogP contribution >= 0.6 is 0 Å². The quantitative estimate of drug-likeness (QED) is 0.926. The number of fused-ring (bicyclic) bond motifs is 1. The molecular weight excluding hydrogens is 286 g/mol. The van der Waals surface area contributed by atoms with Gasteiger partial charge in [-0.1, -0.05) is 32.0 Å². The van der Waals surface area contributed by atoms with Gasteiger partial charge in [0.25, 0.3) is 0 Å². The SMILES string of the molecule is CCc1c(C2CS(=O)(=O)CC(C)CN2)oc2ccccc12. The minimum absolute atomic E-state index is 0.115. The summed E-state index contributed by atoms with van der Waals surface area (Å²) < 4.78 is 30.4. The molecule has 2 unspecified atom stereocenters. The van der Waals surface area contributed by atoms with Crippen molar-refractivity contribution in [3.8, 4) is 0 Å². The van der Waals surface area contributed by atoms with E-state index in [-0.39, 0.29) is 23.5 Å². The van der Waals surface area contributed by atoms with Crippen LogP contribution in [0.3, 0.4) is 0 Å². The van der Waals surface area contributed by atoms with Crippen molar-refractivity contribution in [2.75, 3.05) is 18.1 Å². The molecule has 0 radical (unpaired) electrons. The normalized spacial score (nSPS) is 25.8. The van der Waals surface area contributed by atoms with E-state index in [0.717, 1.165) is 28.7 Å². The van der Waals surface area contributed by atoms with Crippen molar-refractivity contribution in [2.45, 2.75) is 26.3 Å². The summed E-state index contributed by atoms with van der Waals surface area (Å²) in [7, 11) is -3.05. The van der Waals surface area contributed by atoms with E-state index < -0.39 is 9.84 Å². The van der Waals surface area contributed by atoms with Crippen LogP contribution in [0, 0.1) is 5.92 Å². The Balaban J connectivity index is 2.07. The van der Waals surface area contributed by atoms with Gasteiger partial charge in [-0.25, -0.2) is 8.42 Å². The highest BCUT2D eigenvalue weighted by atomic mass is 32.2. The average molecular weight is 307 g/mol. The standard InChI is InChI=1S/C16H21NO3S/c1-3-12-13-6-4-5-7-15(13)20-16(12)14-10-21(18,19)9-11(2)8-17-14/h4-7,11,14,17H,3,8-10H2,1-2H3. The largest absolute Gasteiger partial charge is 0.459 e. The summed E-state index contributed by atoms with van der Waals surface area (Å²) in [6.45, 7) is 4.74. The molecule has 1 fully saturated rings. The Kier molecular flexibility index (Phi) is 3.80. The molecule has 1 saturated heterocycles. The molecule has 0 saturated carbocycles. The molecule has 4 nitrogen and oxygen atoms in total. The molecule has 114 valence electrons. The second-order valence-electron chi connectivity index (χ2n) is 5.94. The van der Waals surface area contributed by atoms with Gasteiger partial charge >= 0.3 is 0 Å². The predicted molar refractivity (Wildman–Crippen MR) is 84.2 cm³/mol. The van der Waals surface area contributed by atoms with Crippen molar-refractivity contribution >= 4 is 20.8 Å². The van der Waals surface area contributed by atoms with Crippen molar-refractivity contribution < 1.29 is 12.8 Å². The molecule has 0 spiro atoms. The van der Waals surface area contributed by atoms with E-state index in [1.165, 1.54) is 0 Å². The first kappa shape index (κ1) is 14.6. The summed E-state index contributed by atoms with van der Waals surface area (Å²) in [5, 5.41) is 4.46. The molecule has 2 atom stereocenters. The van der Waals surface area contributed by atoms with E-state index >= 15 is 0 Å². The molecule has 1 aliphatic heterocycles. The first-order valence-electron chi connectivity index (χ1n) is 7.44. The number of furan rings is 1. The number of aryl methyl sites for hydroxylation is 1. The van der Waals surface area contributed by atoms with E-state index in [2.05, 4.69) is 12.2 Å². The van der Waals surface area contributed by atoms with Crippen LogP contribution in [0.4, 0.5) is 0 Å². The fraction of sp³-hybridized carbons (Fsp3) is 0.500. The maximum atomic E-state index is 12.2. The second kappa shape index (κ2) is 5.46. The molecule has 2 aromatic rings. The molecule has 1 aromatic heterocycles. The van der Waals surface area contributed by atoms with Gasteiger partial charge in [0.2, 0.25) is 0 Å². The average Bonchev–Trinajstić information content (AvgIpc) is 2.74. The Labute approximate surface area is 125 Å². The Bertz CT molecular complexity index is 748. The molecule has 0 bridgehead atoms. The molecule has 0 amide bonds. The molecule has 1 aliphatic rings. The predicted octanol–water partition coefficient (Wildman–Crippen LogP) is 2.69. The molecule has 1 N–H and O–H groups in total. The highest BCUT2D eigenvalue weighted by Gasteiger charge is 2.31. The molecule has 21 heavy (non-hydrogen) atoms. The second-order valence-corrected chi connectivity index (χ2v) is 8.09. The van der Waals surface area contributed by atoms with Crippen LogP contribution in [0.5, 0.6) is 0 Å². The number of benzene rings is 1. The third-order valence-electron chi connectivity index (χ3n) is 4.07. The monoisotopic (exact) mass is 307 g/mol. The summed E-state index contributed by atoms with van der Waals surface area (Å²) in [5.74, 6) is 1.29. The van der Waals surface area contributed by atoms with Gasteiger partial charge < -0.3 is 9.73 Å². The van der Waals surface area contributed by atoms with E-state index in [0.29, 0.717) is 6.54 Å². The van der Waals surface area contributed by atoms with Crippen molar-refractivity contribution in [3.63, 3.8) is 0 Å². The van der Waals surface area contributed by atoms with Crippen LogP contribution in [0.25, 0.3) is 11.0 Å². The van der Waals surface area contributed by atoms with Gasteiger partial charge in [-0.15, -0.1) is 0 Å². The van der Waals surface area contributed by atoms with Crippen molar-refractivity contribution in [1.82, 2.24) is 5.32 Å². The Morgan fingerprint density at radius 2 is 2.05 bits per heavy atom. The van der Waals surface area contributed by atoms with E-state index in [9.17, 15) is 8.42 Å². The van der Waals surface area contributed by atoms with Gasteiger partial charge in [0.1, 0.15) is 11.3 Å². The first-order chi connectivity index (χ1) is 10.00. The molecule has 2 heterocycles. The third kappa shape index (κ3) is 2.85. The fourth-order valence-electron chi connectivity index (χ4n) is 3.15. The fourth-order valence-corrected chi connectivity index (χ4v) is 5.05. The Hall–Kier alpha value is -1.33. The number of rotatable bonds is 2. The van der Waals surface area contributed by atoms with Gasteiger partial charge in [0, 0.05) is 10.9 Å². The minimum Gasteiger partial charge on any atom is -0.459 e. The van der Waals surface area contributed by atoms with Gasteiger partial charge in [0.15, 0.2) is 9.84 Å². The number of sulfone groups is 1. The van der Waals surface area contributed by atoms with Crippen LogP contribution in [0.2, 0.25) is 0 Å². The van der Waals surface area contributed by atoms with E-state index in [1.54, 1.807) is 0 Å². The first-order valence-corrected chi connectivity index (χ1v) is 9.26. The zero-order chi connectivity index (χ0) is 15.0. The highest BCUT2D eigenvalue weighted by Crippen LogP contribution is 2.32. The summed E-state index contributed by atoms with van der Waals surface area (Å²) in [6.07, 6.45) is 0.833. The van der Waals surface area contributed by atoms with Gasteiger partial charge in [-0.2, -0.15) is 0 Å². The van der Waals surface area contributed by atoms with Crippen molar-refractivity contribution in [1.29, 1.82) is 0 Å². The number of nitrogens with one attached hydrogen (secondary N) is 1. The molecule has 5 heteroatoms. The summed E-state index contributed by atoms with van der Waals surface area (Å²) in [6, 6.07) is 7.65. The Morgan fingerprint density at radius 3 is 2.81 bits per heavy atom. The lowest BCUT2D eigenvalue weighted by Crippen LogP contribution is -2.26. The maximum absolute atomic E-state index is 12.2. The summed E-state index contributed by atoms with van der Waals surface area (Å²) >= 11 is 0. The lowest BCUT2D eigenvalue weighted by Gasteiger charge is -2.14. The lowest BCUT2D eigenvalue weighted by atomic mass is 10.0. The number of hydrogen-bond donors (Lipinski definition) is 1. The topological polar surface area (TPSA) is 59.3 Å². The van der Waals surface area contributed by atoms with Gasteiger partial charge in [-0.3, -0.25) is 0 Å². The summed E-state index contributed by atoms with van der Waals surface area (Å²) in [5.41, 5.74) is 1.95. The minimum atomic E-state index is -3.05. The lowest BCUT2D eigenvalue weighted by molar-refractivity contribution is 0.435. The molecule has 0 aliphatic carbocycles. The van der Waals surface area contributed by atoms with Crippen molar-refractivity contribution in [2.24, 2.45) is 5.92 Å². The van der Waals surface area contributed by atoms with Crippen LogP contribution in [-0.4, -0.2) is 26.5 Å². The smallest absolute Gasteiger partial charge is 0.152 e. The summed E-state index contributed by atoms with van der Waals surface area (Å²) in [4.78, 5) is 0. The van der Waals surface area contributed by atoms with Gasteiger partial charge in [0.05, 0.1) is 17.5 Å². The molecular formula is C16H21NO3S. The van der Waals surface area contributed by atoms with Crippen LogP contribution in [0.15, 0.2) is 28.7 Å². The van der Waals surface area contributed by atoms with Crippen LogP contribution < -0.4 is 5.32 Å². The van der Waals surface area contributed by atoms with Gasteiger partial charge in [-0.05, 0) is 24.9 Å². The third-order valence-corrected chi connectivity index (χ3v) is 5.99. The van der Waals surface area contributed by atoms with Crippen LogP contribution in [0.1, 0.15) is 31.2 Å². The molecule has 3 rings (SSSR count).